The van der Waals surface area contributed by atoms with Gasteiger partial charge in [-0.15, -0.1) is 0 Å². The maximum absolute atomic E-state index is 2.55. The van der Waals surface area contributed by atoms with Crippen molar-refractivity contribution in [2.45, 2.75) is 72.9 Å². The van der Waals surface area contributed by atoms with Crippen LogP contribution in [-0.4, -0.2) is 5.43 Å². The summed E-state index contributed by atoms with van der Waals surface area (Å²) in [5, 5.41) is 0. The summed E-state index contributed by atoms with van der Waals surface area (Å²) in [5.74, 6) is 0. The Bertz CT molecular complexity index is 597. The van der Waals surface area contributed by atoms with Gasteiger partial charge in [0.05, 0.1) is 0 Å². The van der Waals surface area contributed by atoms with Crippen LogP contribution in [0.15, 0.2) is 43.8 Å². The molecule has 0 aromatic carbocycles. The fourth-order valence-corrected chi connectivity index (χ4v) is 13.7. The molecule has 0 aliphatic heterocycles. The van der Waals surface area contributed by atoms with Crippen LogP contribution >= 0.6 is 0 Å². The van der Waals surface area contributed by atoms with E-state index in [1.54, 1.807) is 22.3 Å². The van der Waals surface area contributed by atoms with Crippen molar-refractivity contribution in [3.8, 4) is 0 Å². The summed E-state index contributed by atoms with van der Waals surface area (Å²) >= 11 is -0.420. The second kappa shape index (κ2) is 7.75. The number of allylic oxidation sites excluding steroid dienone is 8. The Morgan fingerprint density at radius 2 is 1.73 bits per heavy atom. The number of rotatable bonds is 6. The molecule has 2 rings (SSSR count). The summed E-state index contributed by atoms with van der Waals surface area (Å²) in [5.41, 5.74) is 7.29. The molecule has 0 fully saturated rings. The van der Waals surface area contributed by atoms with Gasteiger partial charge in [-0.05, 0) is 0 Å². The van der Waals surface area contributed by atoms with Gasteiger partial charge in [0.15, 0.2) is 0 Å². The van der Waals surface area contributed by atoms with Crippen LogP contribution in [0.25, 0.3) is 0 Å². The normalized spacial score (nSPS) is 24.2. The predicted octanol–water partition coefficient (Wildman–Crippen LogP) is 6.40. The summed E-state index contributed by atoms with van der Waals surface area (Å²) in [4.78, 5) is 0. The van der Waals surface area contributed by atoms with Crippen molar-refractivity contribution in [1.29, 1.82) is 0 Å². The molecule has 0 heterocycles. The van der Waals surface area contributed by atoms with Gasteiger partial charge in [-0.1, -0.05) is 0 Å². The molecule has 119 valence electrons. The minimum absolute atomic E-state index is 0.0933. The van der Waals surface area contributed by atoms with E-state index in [1.807, 2.05) is 3.28 Å². The average Bonchev–Trinajstić information content (AvgIpc) is 3.11. The maximum atomic E-state index is 2.55. The molecule has 22 heavy (non-hydrogen) atoms. The van der Waals surface area contributed by atoms with Crippen LogP contribution in [0.5, 0.6) is 0 Å². The second-order valence-electron chi connectivity index (χ2n) is 6.58. The van der Waals surface area contributed by atoms with Gasteiger partial charge >= 0.3 is 149 Å². The molecule has 0 radical (unpaired) electrons. The Balaban J connectivity index is 2.77. The quantitative estimate of drug-likeness (QED) is 0.460. The summed E-state index contributed by atoms with van der Waals surface area (Å²) in [7, 11) is 0. The molecule has 0 saturated carbocycles. The molecule has 0 spiro atoms. The topological polar surface area (TPSA) is 0 Å². The van der Waals surface area contributed by atoms with Crippen LogP contribution in [0.4, 0.5) is 0 Å². The molecule has 0 saturated heterocycles. The summed E-state index contributed by atoms with van der Waals surface area (Å²) in [6.45, 7) is 14.7. The summed E-state index contributed by atoms with van der Waals surface area (Å²) < 4.78 is 1.98. The van der Waals surface area contributed by atoms with Crippen LogP contribution in [-0.2, 0) is 21.9 Å². The van der Waals surface area contributed by atoms with E-state index >= 15 is 0 Å². The molecule has 2 heteroatoms. The zero-order chi connectivity index (χ0) is 16.3. The first-order chi connectivity index (χ1) is 10.6. The minimum atomic E-state index is -0.420. The van der Waals surface area contributed by atoms with Crippen molar-refractivity contribution >= 4 is 5.43 Å². The third kappa shape index (κ3) is 2.91. The first-order valence-corrected chi connectivity index (χ1v) is 16.4. The third-order valence-electron chi connectivity index (χ3n) is 5.26. The van der Waals surface area contributed by atoms with Crippen LogP contribution in [0.2, 0.25) is 13.1 Å². The Kier molecular flexibility index (Phi) is 6.48. The zero-order valence-corrected chi connectivity index (χ0v) is 18.7. The first-order valence-electron chi connectivity index (χ1n) is 8.96. The van der Waals surface area contributed by atoms with Gasteiger partial charge < -0.3 is 0 Å². The Labute approximate surface area is 148 Å². The van der Waals surface area contributed by atoms with E-state index < -0.39 is 21.9 Å². The summed E-state index contributed by atoms with van der Waals surface area (Å²) in [6.07, 6.45) is 13.3. The fourth-order valence-electron chi connectivity index (χ4n) is 4.50. The van der Waals surface area contributed by atoms with Gasteiger partial charge in [-0.3, -0.25) is 0 Å². The van der Waals surface area contributed by atoms with Crippen molar-refractivity contribution in [3.05, 3.63) is 43.8 Å². The van der Waals surface area contributed by atoms with Crippen molar-refractivity contribution in [3.63, 3.8) is 0 Å². The standard InChI is InChI=1S/C18H25.C2H6Si.Zr/c1-5-14-13-18(8-4,15-11-9-10-12-15)17(7-3)16(14)6-2;1-3-2;/h9-11H,5-8,12H2,1-4H3;1-2H3;. The van der Waals surface area contributed by atoms with Gasteiger partial charge in [0, 0.05) is 0 Å². The van der Waals surface area contributed by atoms with Gasteiger partial charge in [0.25, 0.3) is 0 Å². The van der Waals surface area contributed by atoms with Crippen LogP contribution < -0.4 is 0 Å². The Hall–Kier alpha value is 0.0600. The molecule has 0 aromatic heterocycles. The van der Waals surface area contributed by atoms with Crippen LogP contribution in [0.3, 0.4) is 0 Å². The molecule has 2 aliphatic carbocycles. The van der Waals surface area contributed by atoms with Gasteiger partial charge in [-0.25, -0.2) is 0 Å². The van der Waals surface area contributed by atoms with E-state index in [-0.39, 0.29) is 5.43 Å². The molecular weight excluding hydrogens is 360 g/mol. The molecule has 0 bridgehead atoms. The molecule has 0 amide bonds. The second-order valence-corrected chi connectivity index (χ2v) is 19.3. The van der Waals surface area contributed by atoms with Crippen molar-refractivity contribution in [1.82, 2.24) is 0 Å². The third-order valence-corrected chi connectivity index (χ3v) is 13.3. The van der Waals surface area contributed by atoms with Crippen LogP contribution in [0.1, 0.15) is 59.8 Å². The molecule has 0 N–H and O–H groups in total. The molecule has 0 nitrogen and oxygen atoms in total. The van der Waals surface area contributed by atoms with Gasteiger partial charge in [-0.2, -0.15) is 0 Å². The molecular formula is C20H31SiZr. The molecule has 1 atom stereocenters. The number of hydrogen-bond donors (Lipinski definition) is 0. The van der Waals surface area contributed by atoms with Crippen molar-refractivity contribution in [2.24, 2.45) is 5.41 Å². The van der Waals surface area contributed by atoms with Gasteiger partial charge in [0.1, 0.15) is 0 Å². The van der Waals surface area contributed by atoms with Crippen molar-refractivity contribution < 1.29 is 21.9 Å². The number of hydrogen-bond acceptors (Lipinski definition) is 0. The van der Waals surface area contributed by atoms with E-state index in [0.717, 1.165) is 0 Å². The first kappa shape index (κ1) is 18.4. The average molecular weight is 391 g/mol. The van der Waals surface area contributed by atoms with E-state index in [0.29, 0.717) is 5.41 Å². The molecule has 1 unspecified atom stereocenters. The fraction of sp³-hybridized carbons (Fsp3) is 0.600. The van der Waals surface area contributed by atoms with Crippen LogP contribution in [0, 0.1) is 5.41 Å². The van der Waals surface area contributed by atoms with E-state index in [2.05, 4.69) is 59.0 Å². The SMILES string of the molecule is CCC1=C(CC)C(CC)(C2=CC=CC2)[C]([Zr]=[Si](C)C)=C1CC. The molecule has 2 aliphatic rings. The van der Waals surface area contributed by atoms with E-state index in [1.165, 1.54) is 32.1 Å². The Morgan fingerprint density at radius 3 is 2.14 bits per heavy atom. The monoisotopic (exact) mass is 389 g/mol. The Morgan fingerprint density at radius 1 is 1.05 bits per heavy atom. The zero-order valence-electron chi connectivity index (χ0n) is 15.3. The van der Waals surface area contributed by atoms with E-state index in [9.17, 15) is 0 Å². The predicted molar refractivity (Wildman–Crippen MR) is 97.0 cm³/mol. The molecule has 0 aromatic rings. The summed E-state index contributed by atoms with van der Waals surface area (Å²) in [6, 6.07) is 0. The van der Waals surface area contributed by atoms with Crippen molar-refractivity contribution in [2.75, 3.05) is 0 Å². The van der Waals surface area contributed by atoms with Gasteiger partial charge in [0.2, 0.25) is 0 Å². The van der Waals surface area contributed by atoms with E-state index in [4.69, 9.17) is 0 Å².